The fourth-order valence-electron chi connectivity index (χ4n) is 1.06. The van der Waals surface area contributed by atoms with Gasteiger partial charge in [-0.25, -0.2) is 4.99 Å². The number of aliphatic imine (C=N–C) groups is 1. The maximum atomic E-state index is 5.46. The van der Waals surface area contributed by atoms with Crippen molar-refractivity contribution in [3.05, 3.63) is 29.3 Å². The SMILES string of the molecule is Cc1ccc(OCCN=C=S)cc1C. The van der Waals surface area contributed by atoms with E-state index in [1.165, 1.54) is 11.1 Å². The van der Waals surface area contributed by atoms with Crippen molar-refractivity contribution >= 4 is 17.4 Å². The fraction of sp³-hybridized carbons (Fsp3) is 0.364. The first-order valence-electron chi connectivity index (χ1n) is 4.47. The molecule has 0 radical (unpaired) electrons. The molecule has 1 aromatic rings. The lowest BCUT2D eigenvalue weighted by atomic mass is 10.1. The van der Waals surface area contributed by atoms with Gasteiger partial charge in [0, 0.05) is 0 Å². The molecule has 0 aliphatic heterocycles. The molecule has 0 amide bonds. The third-order valence-corrected chi connectivity index (χ3v) is 2.14. The van der Waals surface area contributed by atoms with Crippen molar-refractivity contribution in [3.8, 4) is 5.75 Å². The normalized spacial score (nSPS) is 9.29. The van der Waals surface area contributed by atoms with Gasteiger partial charge in [0.1, 0.15) is 12.4 Å². The molecule has 1 rings (SSSR count). The van der Waals surface area contributed by atoms with Crippen molar-refractivity contribution in [2.75, 3.05) is 13.2 Å². The molecule has 0 saturated carbocycles. The van der Waals surface area contributed by atoms with Crippen LogP contribution in [0.3, 0.4) is 0 Å². The number of isothiocyanates is 1. The van der Waals surface area contributed by atoms with Crippen LogP contribution in [0.5, 0.6) is 5.75 Å². The van der Waals surface area contributed by atoms with Crippen LogP contribution in [0.1, 0.15) is 11.1 Å². The molecular weight excluding hydrogens is 194 g/mol. The number of ether oxygens (including phenoxy) is 1. The van der Waals surface area contributed by atoms with Crippen molar-refractivity contribution in [2.24, 2.45) is 4.99 Å². The van der Waals surface area contributed by atoms with Crippen LogP contribution in [0.25, 0.3) is 0 Å². The quantitative estimate of drug-likeness (QED) is 0.430. The maximum absolute atomic E-state index is 5.46. The Morgan fingerprint density at radius 3 is 2.79 bits per heavy atom. The Morgan fingerprint density at radius 1 is 1.36 bits per heavy atom. The van der Waals surface area contributed by atoms with E-state index in [0.717, 1.165) is 5.75 Å². The highest BCUT2D eigenvalue weighted by Crippen LogP contribution is 2.15. The minimum absolute atomic E-state index is 0.548. The van der Waals surface area contributed by atoms with E-state index in [1.807, 2.05) is 18.2 Å². The molecule has 0 spiro atoms. The summed E-state index contributed by atoms with van der Waals surface area (Å²) in [4.78, 5) is 3.77. The Balaban J connectivity index is 2.51. The number of hydrogen-bond donors (Lipinski definition) is 0. The molecule has 0 heterocycles. The smallest absolute Gasteiger partial charge is 0.119 e. The third-order valence-electron chi connectivity index (χ3n) is 2.01. The van der Waals surface area contributed by atoms with Crippen LogP contribution in [0.15, 0.2) is 23.2 Å². The summed E-state index contributed by atoms with van der Waals surface area (Å²) >= 11 is 4.45. The van der Waals surface area contributed by atoms with Crippen molar-refractivity contribution < 1.29 is 4.74 Å². The third kappa shape index (κ3) is 3.29. The number of rotatable bonds is 4. The summed E-state index contributed by atoms with van der Waals surface area (Å²) in [7, 11) is 0. The highest BCUT2D eigenvalue weighted by Gasteiger charge is 1.96. The van der Waals surface area contributed by atoms with Gasteiger partial charge in [-0.15, -0.1) is 0 Å². The van der Waals surface area contributed by atoms with Crippen molar-refractivity contribution in [2.45, 2.75) is 13.8 Å². The molecule has 74 valence electrons. The minimum atomic E-state index is 0.548. The molecule has 2 nitrogen and oxygen atoms in total. The summed E-state index contributed by atoms with van der Waals surface area (Å²) in [5, 5.41) is 2.30. The van der Waals surface area contributed by atoms with Crippen LogP contribution in [-0.4, -0.2) is 18.3 Å². The van der Waals surface area contributed by atoms with Crippen LogP contribution >= 0.6 is 12.2 Å². The fourth-order valence-corrected chi connectivity index (χ4v) is 1.15. The summed E-state index contributed by atoms with van der Waals surface area (Å²) < 4.78 is 5.46. The van der Waals surface area contributed by atoms with Gasteiger partial charge in [-0.1, -0.05) is 6.07 Å². The molecule has 0 aromatic heterocycles. The second-order valence-electron chi connectivity index (χ2n) is 3.07. The molecule has 3 heteroatoms. The van der Waals surface area contributed by atoms with Gasteiger partial charge in [0.15, 0.2) is 0 Å². The van der Waals surface area contributed by atoms with Gasteiger partial charge < -0.3 is 4.74 Å². The first kappa shape index (κ1) is 10.9. The van der Waals surface area contributed by atoms with E-state index in [0.29, 0.717) is 13.2 Å². The summed E-state index contributed by atoms with van der Waals surface area (Å²) in [6.07, 6.45) is 0. The van der Waals surface area contributed by atoms with Gasteiger partial charge >= 0.3 is 0 Å². The number of benzene rings is 1. The van der Waals surface area contributed by atoms with E-state index >= 15 is 0 Å². The van der Waals surface area contributed by atoms with E-state index in [4.69, 9.17) is 4.74 Å². The van der Waals surface area contributed by atoms with Crippen LogP contribution in [0, 0.1) is 13.8 Å². The predicted molar refractivity (Wildman–Crippen MR) is 61.3 cm³/mol. The van der Waals surface area contributed by atoms with Gasteiger partial charge in [0.05, 0.1) is 11.7 Å². The summed E-state index contributed by atoms with van der Waals surface area (Å²) in [6.45, 7) is 5.26. The molecule has 0 bridgehead atoms. The lowest BCUT2D eigenvalue weighted by Gasteiger charge is -2.06. The standard InChI is InChI=1S/C11H13NOS/c1-9-3-4-11(7-10(9)2)13-6-5-12-8-14/h3-4,7H,5-6H2,1-2H3. The summed E-state index contributed by atoms with van der Waals surface area (Å²) in [5.41, 5.74) is 2.51. The summed E-state index contributed by atoms with van der Waals surface area (Å²) in [6, 6.07) is 6.03. The zero-order valence-electron chi connectivity index (χ0n) is 8.41. The largest absolute Gasteiger partial charge is 0.492 e. The van der Waals surface area contributed by atoms with E-state index in [-0.39, 0.29) is 0 Å². The van der Waals surface area contributed by atoms with Crippen LogP contribution in [0.2, 0.25) is 0 Å². The lowest BCUT2D eigenvalue weighted by molar-refractivity contribution is 0.329. The predicted octanol–water partition coefficient (Wildman–Crippen LogP) is 2.79. The van der Waals surface area contributed by atoms with E-state index in [2.05, 4.69) is 36.2 Å². The molecule has 14 heavy (non-hydrogen) atoms. The van der Waals surface area contributed by atoms with Gasteiger partial charge in [-0.3, -0.25) is 0 Å². The zero-order chi connectivity index (χ0) is 10.4. The minimum Gasteiger partial charge on any atom is -0.492 e. The molecule has 0 unspecified atom stereocenters. The molecule has 0 aliphatic rings. The highest BCUT2D eigenvalue weighted by atomic mass is 32.1. The van der Waals surface area contributed by atoms with Crippen molar-refractivity contribution in [1.29, 1.82) is 0 Å². The first-order valence-corrected chi connectivity index (χ1v) is 4.88. The molecule has 0 saturated heterocycles. The number of thiocarbonyl (C=S) groups is 1. The Kier molecular flexibility index (Phi) is 4.30. The second-order valence-corrected chi connectivity index (χ2v) is 3.25. The Bertz CT molecular complexity index is 356. The molecule has 1 aromatic carbocycles. The topological polar surface area (TPSA) is 21.6 Å². The molecule has 0 aliphatic carbocycles. The van der Waals surface area contributed by atoms with Gasteiger partial charge in [-0.05, 0) is 49.3 Å². The lowest BCUT2D eigenvalue weighted by Crippen LogP contribution is -2.00. The monoisotopic (exact) mass is 207 g/mol. The first-order chi connectivity index (χ1) is 6.74. The van der Waals surface area contributed by atoms with E-state index < -0.39 is 0 Å². The van der Waals surface area contributed by atoms with Gasteiger partial charge in [-0.2, -0.15) is 0 Å². The number of aryl methyl sites for hydroxylation is 2. The Morgan fingerprint density at radius 2 is 2.14 bits per heavy atom. The molecular formula is C11H13NOS. The maximum Gasteiger partial charge on any atom is 0.119 e. The molecule has 0 fully saturated rings. The zero-order valence-corrected chi connectivity index (χ0v) is 9.23. The average Bonchev–Trinajstić information content (AvgIpc) is 2.18. The highest BCUT2D eigenvalue weighted by molar-refractivity contribution is 7.78. The number of hydrogen-bond acceptors (Lipinski definition) is 3. The average molecular weight is 207 g/mol. The molecule has 0 N–H and O–H groups in total. The van der Waals surface area contributed by atoms with E-state index in [9.17, 15) is 0 Å². The van der Waals surface area contributed by atoms with Crippen molar-refractivity contribution in [1.82, 2.24) is 0 Å². The Hall–Kier alpha value is -1.18. The van der Waals surface area contributed by atoms with Gasteiger partial charge in [0.25, 0.3) is 0 Å². The van der Waals surface area contributed by atoms with Crippen LogP contribution in [0.4, 0.5) is 0 Å². The van der Waals surface area contributed by atoms with Crippen LogP contribution < -0.4 is 4.74 Å². The van der Waals surface area contributed by atoms with Crippen LogP contribution in [-0.2, 0) is 0 Å². The summed E-state index contributed by atoms with van der Waals surface area (Å²) in [5.74, 6) is 0.882. The van der Waals surface area contributed by atoms with E-state index in [1.54, 1.807) is 0 Å². The van der Waals surface area contributed by atoms with Crippen molar-refractivity contribution in [3.63, 3.8) is 0 Å². The molecule has 0 atom stereocenters. The number of nitrogens with zero attached hydrogens (tertiary/aromatic N) is 1. The van der Waals surface area contributed by atoms with Gasteiger partial charge in [0.2, 0.25) is 0 Å². The Labute approximate surface area is 89.6 Å². The second kappa shape index (κ2) is 5.53.